The molecule has 0 aliphatic carbocycles. The minimum absolute atomic E-state index is 0.0116. The van der Waals surface area contributed by atoms with Gasteiger partial charge in [-0.05, 0) is 18.3 Å². The van der Waals surface area contributed by atoms with Crippen LogP contribution in [0.3, 0.4) is 0 Å². The van der Waals surface area contributed by atoms with Crippen LogP contribution in [0.15, 0.2) is 0 Å². The van der Waals surface area contributed by atoms with E-state index in [9.17, 15) is 10.1 Å². The van der Waals surface area contributed by atoms with E-state index in [1.807, 2.05) is 0 Å². The highest BCUT2D eigenvalue weighted by molar-refractivity contribution is 5.68. The molecule has 2 aliphatic heterocycles. The van der Waals surface area contributed by atoms with E-state index in [-0.39, 0.29) is 24.0 Å². The summed E-state index contributed by atoms with van der Waals surface area (Å²) in [6, 6.07) is 2.38. The molecular formula is C15H24N2O3. The molecule has 112 valence electrons. The number of ether oxygens (including phenoxy) is 2. The molecule has 0 spiro atoms. The van der Waals surface area contributed by atoms with Gasteiger partial charge in [0.1, 0.15) is 6.10 Å². The molecule has 0 radical (unpaired) electrons. The maximum Gasteiger partial charge on any atom is 0.410 e. The first kappa shape index (κ1) is 15.1. The molecule has 0 saturated carbocycles. The Bertz CT molecular complexity index is 372. The van der Waals surface area contributed by atoms with Crippen LogP contribution in [-0.4, -0.2) is 43.4 Å². The maximum atomic E-state index is 12.2. The number of carbonyl (C=O) groups is 1. The van der Waals surface area contributed by atoms with Gasteiger partial charge in [0.25, 0.3) is 0 Å². The van der Waals surface area contributed by atoms with Gasteiger partial charge >= 0.3 is 6.09 Å². The van der Waals surface area contributed by atoms with Gasteiger partial charge in [-0.2, -0.15) is 5.26 Å². The van der Waals surface area contributed by atoms with E-state index in [2.05, 4.69) is 19.9 Å². The van der Waals surface area contributed by atoms with Crippen LogP contribution in [0.25, 0.3) is 0 Å². The van der Waals surface area contributed by atoms with E-state index in [1.165, 1.54) is 0 Å². The lowest BCUT2D eigenvalue weighted by Gasteiger charge is -2.38. The largest absolute Gasteiger partial charge is 0.446 e. The fourth-order valence-corrected chi connectivity index (χ4v) is 2.99. The highest BCUT2D eigenvalue weighted by Gasteiger charge is 2.34. The van der Waals surface area contributed by atoms with Crippen LogP contribution >= 0.6 is 0 Å². The van der Waals surface area contributed by atoms with Crippen LogP contribution in [0, 0.1) is 29.1 Å². The third-order valence-electron chi connectivity index (χ3n) is 4.37. The topological polar surface area (TPSA) is 62.6 Å². The summed E-state index contributed by atoms with van der Waals surface area (Å²) < 4.78 is 10.8. The Morgan fingerprint density at radius 3 is 2.65 bits per heavy atom. The SMILES string of the molecule is CC(C)C1CN(C(=O)OC2CCOCC2)CCC1C#N. The third-order valence-corrected chi connectivity index (χ3v) is 4.37. The molecule has 2 atom stereocenters. The van der Waals surface area contributed by atoms with Crippen LogP contribution in [-0.2, 0) is 9.47 Å². The fourth-order valence-electron chi connectivity index (χ4n) is 2.99. The van der Waals surface area contributed by atoms with Gasteiger partial charge in [-0.3, -0.25) is 0 Å². The highest BCUT2D eigenvalue weighted by atomic mass is 16.6. The zero-order valence-corrected chi connectivity index (χ0v) is 12.4. The van der Waals surface area contributed by atoms with Gasteiger partial charge < -0.3 is 14.4 Å². The zero-order valence-electron chi connectivity index (χ0n) is 12.4. The summed E-state index contributed by atoms with van der Waals surface area (Å²) in [6.45, 7) is 6.83. The Morgan fingerprint density at radius 1 is 1.35 bits per heavy atom. The number of hydrogen-bond donors (Lipinski definition) is 0. The summed E-state index contributed by atoms with van der Waals surface area (Å²) in [4.78, 5) is 14.0. The van der Waals surface area contributed by atoms with Crippen molar-refractivity contribution in [3.05, 3.63) is 0 Å². The average Bonchev–Trinajstić information content (AvgIpc) is 2.47. The van der Waals surface area contributed by atoms with E-state index < -0.39 is 0 Å². The molecule has 0 N–H and O–H groups in total. The van der Waals surface area contributed by atoms with Crippen molar-refractivity contribution in [3.8, 4) is 6.07 Å². The van der Waals surface area contributed by atoms with Crippen LogP contribution in [0.5, 0.6) is 0 Å². The molecule has 2 aliphatic rings. The van der Waals surface area contributed by atoms with E-state index in [0.717, 1.165) is 19.3 Å². The summed E-state index contributed by atoms with van der Waals surface area (Å²) in [6.07, 6.45) is 2.09. The molecule has 2 saturated heterocycles. The molecule has 0 aromatic rings. The Labute approximate surface area is 120 Å². The van der Waals surface area contributed by atoms with Crippen LogP contribution < -0.4 is 0 Å². The third kappa shape index (κ3) is 3.63. The molecule has 2 fully saturated rings. The second-order valence-electron chi connectivity index (χ2n) is 6.07. The first-order valence-corrected chi connectivity index (χ1v) is 7.54. The number of piperidine rings is 1. The molecular weight excluding hydrogens is 256 g/mol. The number of amides is 1. The maximum absolute atomic E-state index is 12.2. The van der Waals surface area contributed by atoms with Crippen molar-refractivity contribution >= 4 is 6.09 Å². The van der Waals surface area contributed by atoms with Crippen molar-refractivity contribution in [1.82, 2.24) is 4.90 Å². The standard InChI is InChI=1S/C15H24N2O3/c1-11(2)14-10-17(6-3-12(14)9-16)15(18)20-13-4-7-19-8-5-13/h11-14H,3-8,10H2,1-2H3. The zero-order chi connectivity index (χ0) is 14.5. The van der Waals surface area contributed by atoms with Gasteiger partial charge in [-0.15, -0.1) is 0 Å². The van der Waals surface area contributed by atoms with Gasteiger partial charge in [0, 0.05) is 25.9 Å². The molecule has 0 aromatic heterocycles. The lowest BCUT2D eigenvalue weighted by atomic mass is 9.79. The summed E-state index contributed by atoms with van der Waals surface area (Å²) in [5.41, 5.74) is 0. The van der Waals surface area contributed by atoms with Crippen molar-refractivity contribution in [2.24, 2.45) is 17.8 Å². The van der Waals surface area contributed by atoms with Gasteiger partial charge in [-0.25, -0.2) is 4.79 Å². The molecule has 0 bridgehead atoms. The van der Waals surface area contributed by atoms with Crippen molar-refractivity contribution in [3.63, 3.8) is 0 Å². The molecule has 5 nitrogen and oxygen atoms in total. The van der Waals surface area contributed by atoms with Crippen molar-refractivity contribution in [2.75, 3.05) is 26.3 Å². The minimum atomic E-state index is -0.223. The highest BCUT2D eigenvalue weighted by Crippen LogP contribution is 2.29. The van der Waals surface area contributed by atoms with Crippen molar-refractivity contribution in [1.29, 1.82) is 5.26 Å². The number of nitrogens with zero attached hydrogens (tertiary/aromatic N) is 2. The second kappa shape index (κ2) is 6.94. The van der Waals surface area contributed by atoms with Gasteiger partial charge in [0.15, 0.2) is 0 Å². The quantitative estimate of drug-likeness (QED) is 0.779. The average molecular weight is 280 g/mol. The molecule has 5 heteroatoms. The summed E-state index contributed by atoms with van der Waals surface area (Å²) in [5, 5.41) is 9.20. The van der Waals surface area contributed by atoms with E-state index in [0.29, 0.717) is 32.2 Å². The molecule has 2 rings (SSSR count). The number of nitriles is 1. The number of carbonyl (C=O) groups excluding carboxylic acids is 1. The predicted molar refractivity (Wildman–Crippen MR) is 73.9 cm³/mol. The summed E-state index contributed by atoms with van der Waals surface area (Å²) >= 11 is 0. The monoisotopic (exact) mass is 280 g/mol. The van der Waals surface area contributed by atoms with Crippen molar-refractivity contribution < 1.29 is 14.3 Å². The fraction of sp³-hybridized carbons (Fsp3) is 0.867. The van der Waals surface area contributed by atoms with Crippen LogP contribution in [0.4, 0.5) is 4.79 Å². The van der Waals surface area contributed by atoms with Crippen LogP contribution in [0.1, 0.15) is 33.1 Å². The normalized spacial score (nSPS) is 28.2. The van der Waals surface area contributed by atoms with Gasteiger partial charge in [0.05, 0.1) is 25.2 Å². The lowest BCUT2D eigenvalue weighted by molar-refractivity contribution is -0.0166. The summed E-state index contributed by atoms with van der Waals surface area (Å²) in [7, 11) is 0. The molecule has 0 aromatic carbocycles. The number of rotatable bonds is 2. The first-order chi connectivity index (χ1) is 9.61. The van der Waals surface area contributed by atoms with Crippen molar-refractivity contribution in [2.45, 2.75) is 39.2 Å². The first-order valence-electron chi connectivity index (χ1n) is 7.54. The van der Waals surface area contributed by atoms with E-state index in [4.69, 9.17) is 9.47 Å². The number of hydrogen-bond acceptors (Lipinski definition) is 4. The Morgan fingerprint density at radius 2 is 2.05 bits per heavy atom. The van der Waals surface area contributed by atoms with Crippen LogP contribution in [0.2, 0.25) is 0 Å². The van der Waals surface area contributed by atoms with E-state index >= 15 is 0 Å². The molecule has 2 unspecified atom stereocenters. The number of likely N-dealkylation sites (tertiary alicyclic amines) is 1. The predicted octanol–water partition coefficient (Wildman–Crippen LogP) is 2.42. The Hall–Kier alpha value is -1.28. The second-order valence-corrected chi connectivity index (χ2v) is 6.07. The lowest BCUT2D eigenvalue weighted by Crippen LogP contribution is -2.46. The molecule has 20 heavy (non-hydrogen) atoms. The minimum Gasteiger partial charge on any atom is -0.446 e. The molecule has 1 amide bonds. The smallest absolute Gasteiger partial charge is 0.410 e. The Kier molecular flexibility index (Phi) is 5.24. The van der Waals surface area contributed by atoms with Gasteiger partial charge in [-0.1, -0.05) is 13.8 Å². The molecule has 2 heterocycles. The summed E-state index contributed by atoms with van der Waals surface area (Å²) in [5.74, 6) is 0.705. The Balaban J connectivity index is 1.88. The van der Waals surface area contributed by atoms with Gasteiger partial charge in [0.2, 0.25) is 0 Å². The van der Waals surface area contributed by atoms with E-state index in [1.54, 1.807) is 4.90 Å².